The predicted molar refractivity (Wildman–Crippen MR) is 59.8 cm³/mol. The highest BCUT2D eigenvalue weighted by atomic mass is 19.1. The third-order valence-corrected chi connectivity index (χ3v) is 2.37. The summed E-state index contributed by atoms with van der Waals surface area (Å²) in [5.74, 6) is 4.12. The van der Waals surface area contributed by atoms with Crippen LogP contribution in [-0.4, -0.2) is 4.98 Å². The lowest BCUT2D eigenvalue weighted by atomic mass is 10.0. The van der Waals surface area contributed by atoms with E-state index in [2.05, 4.69) is 10.4 Å². The minimum Gasteiger partial charge on any atom is -0.271 e. The molecule has 3 N–H and O–H groups in total. The van der Waals surface area contributed by atoms with Crippen LogP contribution in [0.5, 0.6) is 0 Å². The first kappa shape index (κ1) is 11.6. The average Bonchev–Trinajstić information content (AvgIpc) is 2.30. The summed E-state index contributed by atoms with van der Waals surface area (Å²) in [6, 6.07) is 7.99. The van der Waals surface area contributed by atoms with Gasteiger partial charge in [-0.1, -0.05) is 6.07 Å². The van der Waals surface area contributed by atoms with E-state index in [1.54, 1.807) is 24.4 Å². The third kappa shape index (κ3) is 2.64. The van der Waals surface area contributed by atoms with Crippen LogP contribution in [0, 0.1) is 11.6 Å². The lowest BCUT2D eigenvalue weighted by Crippen LogP contribution is -2.29. The Morgan fingerprint density at radius 1 is 1.12 bits per heavy atom. The molecule has 2 rings (SSSR count). The number of benzene rings is 1. The molecular weight excluding hydrogens is 224 g/mol. The number of rotatable bonds is 3. The zero-order valence-electron chi connectivity index (χ0n) is 8.90. The SMILES string of the molecule is NNC(c1cc(F)cc(F)c1)c1ccccn1. The number of hydrogen-bond donors (Lipinski definition) is 2. The van der Waals surface area contributed by atoms with Crippen LogP contribution < -0.4 is 11.3 Å². The number of nitrogens with two attached hydrogens (primary N) is 1. The van der Waals surface area contributed by atoms with Crippen molar-refractivity contribution in [3.8, 4) is 0 Å². The fourth-order valence-corrected chi connectivity index (χ4v) is 1.64. The van der Waals surface area contributed by atoms with Gasteiger partial charge in [0, 0.05) is 12.3 Å². The summed E-state index contributed by atoms with van der Waals surface area (Å²) >= 11 is 0. The molecule has 0 saturated carbocycles. The second-order valence-corrected chi connectivity index (χ2v) is 3.56. The molecule has 5 heteroatoms. The van der Waals surface area contributed by atoms with Crippen molar-refractivity contribution in [3.63, 3.8) is 0 Å². The Kier molecular flexibility index (Phi) is 3.41. The molecule has 0 saturated heterocycles. The van der Waals surface area contributed by atoms with Crippen LogP contribution >= 0.6 is 0 Å². The van der Waals surface area contributed by atoms with Crippen LogP contribution in [0.3, 0.4) is 0 Å². The van der Waals surface area contributed by atoms with Gasteiger partial charge < -0.3 is 0 Å². The summed E-state index contributed by atoms with van der Waals surface area (Å²) < 4.78 is 26.2. The number of hydrogen-bond acceptors (Lipinski definition) is 3. The van der Waals surface area contributed by atoms with E-state index in [1.807, 2.05) is 0 Å². The highest BCUT2D eigenvalue weighted by Gasteiger charge is 2.15. The van der Waals surface area contributed by atoms with Gasteiger partial charge in [-0.05, 0) is 29.8 Å². The quantitative estimate of drug-likeness (QED) is 0.631. The van der Waals surface area contributed by atoms with E-state index in [0.29, 0.717) is 11.3 Å². The van der Waals surface area contributed by atoms with Gasteiger partial charge in [-0.15, -0.1) is 0 Å². The van der Waals surface area contributed by atoms with Gasteiger partial charge in [-0.3, -0.25) is 10.8 Å². The Hall–Kier alpha value is -1.85. The summed E-state index contributed by atoms with van der Waals surface area (Å²) in [7, 11) is 0. The van der Waals surface area contributed by atoms with Crippen molar-refractivity contribution in [2.24, 2.45) is 5.84 Å². The minimum absolute atomic E-state index is 0.392. The lowest BCUT2D eigenvalue weighted by Gasteiger charge is -2.15. The molecule has 1 unspecified atom stereocenters. The summed E-state index contributed by atoms with van der Waals surface area (Å²) in [6.07, 6.45) is 1.59. The lowest BCUT2D eigenvalue weighted by molar-refractivity contribution is 0.563. The van der Waals surface area contributed by atoms with E-state index >= 15 is 0 Å². The summed E-state index contributed by atoms with van der Waals surface area (Å²) in [5.41, 5.74) is 3.48. The van der Waals surface area contributed by atoms with E-state index in [0.717, 1.165) is 6.07 Å². The van der Waals surface area contributed by atoms with Crippen molar-refractivity contribution in [1.82, 2.24) is 10.4 Å². The van der Waals surface area contributed by atoms with Crippen LogP contribution in [0.25, 0.3) is 0 Å². The smallest absolute Gasteiger partial charge is 0.126 e. The van der Waals surface area contributed by atoms with E-state index in [4.69, 9.17) is 5.84 Å². The molecule has 0 fully saturated rings. The van der Waals surface area contributed by atoms with Crippen molar-refractivity contribution >= 4 is 0 Å². The fraction of sp³-hybridized carbons (Fsp3) is 0.0833. The monoisotopic (exact) mass is 235 g/mol. The number of nitrogens with zero attached hydrogens (tertiary/aromatic N) is 1. The Balaban J connectivity index is 2.42. The van der Waals surface area contributed by atoms with Crippen LogP contribution in [0.4, 0.5) is 8.78 Å². The van der Waals surface area contributed by atoms with Gasteiger partial charge >= 0.3 is 0 Å². The van der Waals surface area contributed by atoms with Crippen LogP contribution in [0.2, 0.25) is 0 Å². The molecule has 2 aromatic rings. The molecular formula is C12H11F2N3. The molecule has 3 nitrogen and oxygen atoms in total. The number of aromatic nitrogens is 1. The molecule has 1 aromatic carbocycles. The summed E-state index contributed by atoms with van der Waals surface area (Å²) in [6.45, 7) is 0. The van der Waals surface area contributed by atoms with Crippen molar-refractivity contribution in [2.75, 3.05) is 0 Å². The van der Waals surface area contributed by atoms with Gasteiger partial charge in [0.15, 0.2) is 0 Å². The zero-order valence-corrected chi connectivity index (χ0v) is 8.90. The van der Waals surface area contributed by atoms with Gasteiger partial charge in [-0.2, -0.15) is 0 Å². The van der Waals surface area contributed by atoms with E-state index in [-0.39, 0.29) is 0 Å². The molecule has 88 valence electrons. The normalized spacial score (nSPS) is 12.4. The standard InChI is InChI=1S/C12H11F2N3/c13-9-5-8(6-10(14)7-9)12(17-15)11-3-1-2-4-16-11/h1-7,12,17H,15H2. The first-order valence-electron chi connectivity index (χ1n) is 5.04. The minimum atomic E-state index is -0.642. The fourth-order valence-electron chi connectivity index (χ4n) is 1.64. The van der Waals surface area contributed by atoms with Crippen LogP contribution in [0.1, 0.15) is 17.3 Å². The molecule has 0 amide bonds. The maximum atomic E-state index is 13.1. The van der Waals surface area contributed by atoms with Gasteiger partial charge in [-0.25, -0.2) is 14.2 Å². The first-order chi connectivity index (χ1) is 8.20. The Morgan fingerprint density at radius 2 is 1.82 bits per heavy atom. The second-order valence-electron chi connectivity index (χ2n) is 3.56. The largest absolute Gasteiger partial charge is 0.271 e. The highest BCUT2D eigenvalue weighted by Crippen LogP contribution is 2.21. The second kappa shape index (κ2) is 4.99. The first-order valence-corrected chi connectivity index (χ1v) is 5.04. The topological polar surface area (TPSA) is 50.9 Å². The number of halogens is 2. The van der Waals surface area contributed by atoms with Gasteiger partial charge in [0.2, 0.25) is 0 Å². The van der Waals surface area contributed by atoms with Crippen LogP contribution in [0.15, 0.2) is 42.6 Å². The predicted octanol–water partition coefficient (Wildman–Crippen LogP) is 1.91. The van der Waals surface area contributed by atoms with Gasteiger partial charge in [0.05, 0.1) is 11.7 Å². The molecule has 0 aliphatic carbocycles. The number of hydrazine groups is 1. The molecule has 0 aliphatic heterocycles. The van der Waals surface area contributed by atoms with Crippen molar-refractivity contribution in [3.05, 3.63) is 65.5 Å². The molecule has 1 heterocycles. The average molecular weight is 235 g/mol. The van der Waals surface area contributed by atoms with E-state index < -0.39 is 17.7 Å². The van der Waals surface area contributed by atoms with Gasteiger partial charge in [0.25, 0.3) is 0 Å². The Bertz CT molecular complexity index is 482. The van der Waals surface area contributed by atoms with Crippen LogP contribution in [-0.2, 0) is 0 Å². The third-order valence-electron chi connectivity index (χ3n) is 2.37. The number of nitrogens with one attached hydrogen (secondary N) is 1. The van der Waals surface area contributed by atoms with E-state index in [9.17, 15) is 8.78 Å². The zero-order chi connectivity index (χ0) is 12.3. The summed E-state index contributed by atoms with van der Waals surface area (Å²) in [5, 5.41) is 0. The van der Waals surface area contributed by atoms with Crippen molar-refractivity contribution in [2.45, 2.75) is 6.04 Å². The molecule has 17 heavy (non-hydrogen) atoms. The highest BCUT2D eigenvalue weighted by molar-refractivity contribution is 5.28. The molecule has 0 aliphatic rings. The summed E-state index contributed by atoms with van der Waals surface area (Å²) in [4.78, 5) is 4.10. The Labute approximate surface area is 97.3 Å². The molecule has 1 aromatic heterocycles. The molecule has 1 atom stereocenters. The maximum Gasteiger partial charge on any atom is 0.126 e. The van der Waals surface area contributed by atoms with Gasteiger partial charge in [0.1, 0.15) is 11.6 Å². The molecule has 0 spiro atoms. The molecule has 0 bridgehead atoms. The van der Waals surface area contributed by atoms with E-state index in [1.165, 1.54) is 12.1 Å². The number of pyridine rings is 1. The Morgan fingerprint density at radius 3 is 2.35 bits per heavy atom. The van der Waals surface area contributed by atoms with Crippen molar-refractivity contribution < 1.29 is 8.78 Å². The molecule has 0 radical (unpaired) electrons. The maximum absolute atomic E-state index is 13.1. The van der Waals surface area contributed by atoms with Crippen molar-refractivity contribution in [1.29, 1.82) is 0 Å².